The minimum atomic E-state index is -0.733. The minimum absolute atomic E-state index is 0.0668. The van der Waals surface area contributed by atoms with Gasteiger partial charge in [0.25, 0.3) is 0 Å². The first-order valence-corrected chi connectivity index (χ1v) is 8.35. The lowest BCUT2D eigenvalue weighted by Crippen LogP contribution is -2.39. The van der Waals surface area contributed by atoms with Gasteiger partial charge in [0.15, 0.2) is 0 Å². The van der Waals surface area contributed by atoms with E-state index in [1.165, 1.54) is 9.75 Å². The fourth-order valence-corrected chi connectivity index (χ4v) is 4.10. The van der Waals surface area contributed by atoms with Gasteiger partial charge in [-0.05, 0) is 50.5 Å². The van der Waals surface area contributed by atoms with Crippen molar-refractivity contribution < 1.29 is 9.90 Å². The molecule has 2 aromatic heterocycles. The second-order valence-corrected chi connectivity index (χ2v) is 7.16. The van der Waals surface area contributed by atoms with Crippen molar-refractivity contribution in [1.29, 1.82) is 0 Å². The third kappa shape index (κ3) is 2.91. The Morgan fingerprint density at radius 2 is 2.18 bits per heavy atom. The third-order valence-corrected chi connectivity index (χ3v) is 5.21. The molecule has 1 aliphatic rings. The van der Waals surface area contributed by atoms with Crippen LogP contribution < -0.4 is 0 Å². The van der Waals surface area contributed by atoms with Crippen LogP contribution in [0.4, 0.5) is 0 Å². The normalized spacial score (nSPS) is 20.2. The molecule has 2 unspecified atom stereocenters. The molecule has 0 amide bonds. The van der Waals surface area contributed by atoms with Gasteiger partial charge < -0.3 is 5.11 Å². The fourth-order valence-electron chi connectivity index (χ4n) is 3.08. The molecule has 1 N–H and O–H groups in total. The number of hydrogen-bond donors (Lipinski definition) is 1. The number of rotatable bonds is 4. The Morgan fingerprint density at radius 1 is 1.36 bits per heavy atom. The second kappa shape index (κ2) is 6.18. The van der Waals surface area contributed by atoms with Crippen molar-refractivity contribution in [3.8, 4) is 0 Å². The van der Waals surface area contributed by atoms with E-state index in [0.29, 0.717) is 6.42 Å². The molecule has 3 rings (SSSR count). The summed E-state index contributed by atoms with van der Waals surface area (Å²) in [5.74, 6) is -0.733. The van der Waals surface area contributed by atoms with Crippen LogP contribution in [0.2, 0.25) is 0 Å². The van der Waals surface area contributed by atoms with Gasteiger partial charge in [-0.25, -0.2) is 0 Å². The van der Waals surface area contributed by atoms with Crippen LogP contribution in [0, 0.1) is 13.8 Å². The van der Waals surface area contributed by atoms with Crippen LogP contribution in [0.1, 0.15) is 39.9 Å². The van der Waals surface area contributed by atoms with E-state index < -0.39 is 12.0 Å². The number of carboxylic acids is 1. The maximum Gasteiger partial charge on any atom is 0.320 e. The van der Waals surface area contributed by atoms with E-state index in [1.54, 1.807) is 11.3 Å². The van der Waals surface area contributed by atoms with Gasteiger partial charge >= 0.3 is 5.97 Å². The molecular weight excluding hydrogens is 296 g/mol. The number of nitrogens with zero attached hydrogens (tertiary/aromatic N) is 2. The molecule has 2 aromatic rings. The summed E-state index contributed by atoms with van der Waals surface area (Å²) in [5, 5.41) is 9.52. The molecule has 116 valence electrons. The number of carboxylic acid groups (broad SMARTS) is 1. The van der Waals surface area contributed by atoms with Crippen LogP contribution in [0.25, 0.3) is 0 Å². The van der Waals surface area contributed by atoms with E-state index in [1.807, 2.05) is 25.3 Å². The maximum absolute atomic E-state index is 11.6. The standard InChI is InChI=1S/C17H20N2O2S/c1-11-5-7-13(18-10-11)16(15-8-6-12(2)22-15)19-9-3-4-14(19)17(20)21/h5-8,10,14,16H,3-4,9H2,1-2H3,(H,20,21). The zero-order chi connectivity index (χ0) is 15.7. The largest absolute Gasteiger partial charge is 0.480 e. The van der Waals surface area contributed by atoms with Crippen LogP contribution in [0.5, 0.6) is 0 Å². The summed E-state index contributed by atoms with van der Waals surface area (Å²) in [5.41, 5.74) is 2.04. The van der Waals surface area contributed by atoms with E-state index in [0.717, 1.165) is 24.2 Å². The number of pyridine rings is 1. The zero-order valence-electron chi connectivity index (χ0n) is 12.8. The molecule has 1 saturated heterocycles. The molecule has 0 radical (unpaired) electrons. The first-order valence-electron chi connectivity index (χ1n) is 7.53. The monoisotopic (exact) mass is 316 g/mol. The Labute approximate surface area is 134 Å². The number of thiophene rings is 1. The Hall–Kier alpha value is -1.72. The molecule has 22 heavy (non-hydrogen) atoms. The van der Waals surface area contributed by atoms with Crippen LogP contribution in [-0.2, 0) is 4.79 Å². The van der Waals surface area contributed by atoms with Gasteiger partial charge in [0.2, 0.25) is 0 Å². The maximum atomic E-state index is 11.6. The van der Waals surface area contributed by atoms with Crippen molar-refractivity contribution in [3.63, 3.8) is 0 Å². The summed E-state index contributed by atoms with van der Waals surface area (Å²) in [6, 6.07) is 7.77. The highest BCUT2D eigenvalue weighted by Gasteiger charge is 2.37. The highest BCUT2D eigenvalue weighted by molar-refractivity contribution is 7.12. The van der Waals surface area contributed by atoms with Crippen molar-refractivity contribution in [3.05, 3.63) is 51.5 Å². The summed E-state index contributed by atoms with van der Waals surface area (Å²) in [6.45, 7) is 4.89. The fraction of sp³-hybridized carbons (Fsp3) is 0.412. The highest BCUT2D eigenvalue weighted by atomic mass is 32.1. The number of aromatic nitrogens is 1. The molecule has 2 atom stereocenters. The Morgan fingerprint density at radius 3 is 2.77 bits per heavy atom. The van der Waals surface area contributed by atoms with Gasteiger partial charge in [0.1, 0.15) is 6.04 Å². The molecular formula is C17H20N2O2S. The number of carbonyl (C=O) groups is 1. The van der Waals surface area contributed by atoms with Gasteiger partial charge in [-0.3, -0.25) is 14.7 Å². The summed E-state index contributed by atoms with van der Waals surface area (Å²) in [7, 11) is 0. The summed E-state index contributed by atoms with van der Waals surface area (Å²) in [4.78, 5) is 20.6. The molecule has 0 saturated carbocycles. The van der Waals surface area contributed by atoms with Gasteiger partial charge in [0.05, 0.1) is 11.7 Å². The van der Waals surface area contributed by atoms with Gasteiger partial charge in [-0.15, -0.1) is 11.3 Å². The Kier molecular flexibility index (Phi) is 4.27. The van der Waals surface area contributed by atoms with E-state index in [2.05, 4.69) is 28.9 Å². The Balaban J connectivity index is 2.03. The van der Waals surface area contributed by atoms with Crippen LogP contribution in [0.3, 0.4) is 0 Å². The molecule has 4 nitrogen and oxygen atoms in total. The third-order valence-electron chi connectivity index (χ3n) is 4.16. The number of likely N-dealkylation sites (tertiary alicyclic amines) is 1. The highest BCUT2D eigenvalue weighted by Crippen LogP contribution is 2.37. The summed E-state index contributed by atoms with van der Waals surface area (Å²) in [6.07, 6.45) is 3.49. The van der Waals surface area contributed by atoms with Crippen LogP contribution in [0.15, 0.2) is 30.5 Å². The lowest BCUT2D eigenvalue weighted by atomic mass is 10.1. The number of aryl methyl sites for hydroxylation is 2. The second-order valence-electron chi connectivity index (χ2n) is 5.85. The van der Waals surface area contributed by atoms with Crippen LogP contribution in [-0.4, -0.2) is 33.5 Å². The molecule has 0 aliphatic carbocycles. The molecule has 0 aromatic carbocycles. The number of aliphatic carboxylic acids is 1. The smallest absolute Gasteiger partial charge is 0.320 e. The van der Waals surface area contributed by atoms with Crippen molar-refractivity contribution in [1.82, 2.24) is 9.88 Å². The lowest BCUT2D eigenvalue weighted by molar-refractivity contribution is -0.142. The van der Waals surface area contributed by atoms with Crippen molar-refractivity contribution in [2.45, 2.75) is 38.8 Å². The first kappa shape index (κ1) is 15.2. The van der Waals surface area contributed by atoms with E-state index in [9.17, 15) is 9.90 Å². The SMILES string of the molecule is Cc1ccc(C(c2ccc(C)s2)N2CCCC2C(=O)O)nc1. The van der Waals surface area contributed by atoms with E-state index in [-0.39, 0.29) is 6.04 Å². The van der Waals surface area contributed by atoms with E-state index in [4.69, 9.17) is 0 Å². The average Bonchev–Trinajstić information content (AvgIpc) is 3.11. The van der Waals surface area contributed by atoms with Gasteiger partial charge in [0, 0.05) is 22.5 Å². The molecule has 1 fully saturated rings. The van der Waals surface area contributed by atoms with E-state index >= 15 is 0 Å². The van der Waals surface area contributed by atoms with Crippen LogP contribution >= 0.6 is 11.3 Å². The average molecular weight is 316 g/mol. The molecule has 0 spiro atoms. The molecule has 5 heteroatoms. The lowest BCUT2D eigenvalue weighted by Gasteiger charge is -2.30. The quantitative estimate of drug-likeness (QED) is 0.939. The molecule has 0 bridgehead atoms. The summed E-state index contributed by atoms with van der Waals surface area (Å²) < 4.78 is 0. The topological polar surface area (TPSA) is 53.4 Å². The minimum Gasteiger partial charge on any atom is -0.480 e. The van der Waals surface area contributed by atoms with Crippen molar-refractivity contribution in [2.24, 2.45) is 0 Å². The molecule has 3 heterocycles. The predicted molar refractivity (Wildman–Crippen MR) is 87.2 cm³/mol. The Bertz CT molecular complexity index is 666. The van der Waals surface area contributed by atoms with Crippen molar-refractivity contribution >= 4 is 17.3 Å². The zero-order valence-corrected chi connectivity index (χ0v) is 13.6. The van der Waals surface area contributed by atoms with Gasteiger partial charge in [-0.1, -0.05) is 6.07 Å². The predicted octanol–water partition coefficient (Wildman–Crippen LogP) is 3.40. The van der Waals surface area contributed by atoms with Crippen molar-refractivity contribution in [2.75, 3.05) is 6.54 Å². The number of hydrogen-bond acceptors (Lipinski definition) is 4. The molecule has 1 aliphatic heterocycles. The van der Waals surface area contributed by atoms with Gasteiger partial charge in [-0.2, -0.15) is 0 Å². The first-order chi connectivity index (χ1) is 10.6. The summed E-state index contributed by atoms with van der Waals surface area (Å²) >= 11 is 1.72.